The Labute approximate surface area is 118 Å². The lowest BCUT2D eigenvalue weighted by atomic mass is 9.90. The molecule has 2 rings (SSSR count). The molecule has 4 heteroatoms. The van der Waals surface area contributed by atoms with Crippen molar-refractivity contribution in [1.82, 2.24) is 0 Å². The Hall–Kier alpha value is -1.06. The van der Waals surface area contributed by atoms with Crippen molar-refractivity contribution in [3.05, 3.63) is 28.8 Å². The van der Waals surface area contributed by atoms with Gasteiger partial charge in [0.1, 0.15) is 11.9 Å². The molecule has 1 saturated carbocycles. The van der Waals surface area contributed by atoms with Gasteiger partial charge in [-0.3, -0.25) is 4.79 Å². The molecule has 0 saturated heterocycles. The average molecular weight is 283 g/mol. The van der Waals surface area contributed by atoms with Crippen LogP contribution in [0.4, 0.5) is 0 Å². The number of benzene rings is 1. The molecule has 2 unspecified atom stereocenters. The van der Waals surface area contributed by atoms with Crippen molar-refractivity contribution in [3.63, 3.8) is 0 Å². The van der Waals surface area contributed by atoms with Crippen LogP contribution in [0.1, 0.15) is 32.3 Å². The van der Waals surface area contributed by atoms with E-state index in [1.807, 2.05) is 32.0 Å². The van der Waals surface area contributed by atoms with Gasteiger partial charge in [0.05, 0.1) is 0 Å². The van der Waals surface area contributed by atoms with E-state index in [1.165, 1.54) is 0 Å². The lowest BCUT2D eigenvalue weighted by Gasteiger charge is -2.34. The second-order valence-corrected chi connectivity index (χ2v) is 5.13. The summed E-state index contributed by atoms with van der Waals surface area (Å²) in [6, 6.07) is 5.60. The van der Waals surface area contributed by atoms with E-state index in [4.69, 9.17) is 21.1 Å². The highest BCUT2D eigenvalue weighted by molar-refractivity contribution is 6.31. The highest BCUT2D eigenvalue weighted by Gasteiger charge is 2.42. The summed E-state index contributed by atoms with van der Waals surface area (Å²) in [6.45, 7) is 4.66. The molecule has 0 amide bonds. The molecule has 0 aliphatic heterocycles. The second kappa shape index (κ2) is 6.40. The third-order valence-electron chi connectivity index (χ3n) is 3.24. The highest BCUT2D eigenvalue weighted by Crippen LogP contribution is 2.28. The van der Waals surface area contributed by atoms with Gasteiger partial charge in [-0.2, -0.15) is 0 Å². The summed E-state index contributed by atoms with van der Waals surface area (Å²) in [4.78, 5) is 11.5. The molecule has 19 heavy (non-hydrogen) atoms. The first-order chi connectivity index (χ1) is 9.15. The molecule has 0 aromatic heterocycles. The zero-order valence-corrected chi connectivity index (χ0v) is 12.1. The van der Waals surface area contributed by atoms with Crippen molar-refractivity contribution in [3.8, 4) is 5.75 Å². The van der Waals surface area contributed by atoms with Gasteiger partial charge < -0.3 is 9.47 Å². The van der Waals surface area contributed by atoms with Crippen molar-refractivity contribution in [2.45, 2.75) is 45.3 Å². The number of ketones is 1. The fraction of sp³-hybridized carbons (Fsp3) is 0.533. The van der Waals surface area contributed by atoms with E-state index in [-0.39, 0.29) is 11.9 Å². The standard InChI is InChI=1S/C15H19ClO3/c1-3-7-18-15-13(17)9-14(15)19-11-5-6-12(16)10(4-2)8-11/h5-6,8,14-15H,3-4,7,9H2,1-2H3. The molecule has 0 N–H and O–H groups in total. The van der Waals surface area contributed by atoms with Crippen LogP contribution in [0, 0.1) is 0 Å². The number of carbonyl (C=O) groups is 1. The number of hydrogen-bond acceptors (Lipinski definition) is 3. The van der Waals surface area contributed by atoms with E-state index in [2.05, 4.69) is 0 Å². The largest absolute Gasteiger partial charge is 0.487 e. The fourth-order valence-electron chi connectivity index (χ4n) is 2.09. The van der Waals surface area contributed by atoms with Gasteiger partial charge >= 0.3 is 0 Å². The van der Waals surface area contributed by atoms with Gasteiger partial charge in [0.25, 0.3) is 0 Å². The Balaban J connectivity index is 1.99. The fourth-order valence-corrected chi connectivity index (χ4v) is 2.34. The van der Waals surface area contributed by atoms with Crippen LogP contribution in [0.25, 0.3) is 0 Å². The molecule has 0 heterocycles. The Morgan fingerprint density at radius 3 is 2.79 bits per heavy atom. The zero-order valence-electron chi connectivity index (χ0n) is 11.3. The molecule has 1 aromatic carbocycles. The van der Waals surface area contributed by atoms with Gasteiger partial charge in [0.2, 0.25) is 0 Å². The maximum atomic E-state index is 11.5. The zero-order chi connectivity index (χ0) is 13.8. The minimum atomic E-state index is -0.402. The molecule has 0 bridgehead atoms. The second-order valence-electron chi connectivity index (χ2n) is 4.72. The van der Waals surface area contributed by atoms with Crippen LogP contribution in [0.5, 0.6) is 5.75 Å². The number of rotatable bonds is 6. The maximum absolute atomic E-state index is 11.5. The Morgan fingerprint density at radius 2 is 2.16 bits per heavy atom. The SMILES string of the molecule is CCCOC1C(=O)CC1Oc1ccc(Cl)c(CC)c1. The van der Waals surface area contributed by atoms with Gasteiger partial charge in [-0.25, -0.2) is 0 Å². The summed E-state index contributed by atoms with van der Waals surface area (Å²) >= 11 is 6.07. The van der Waals surface area contributed by atoms with E-state index in [9.17, 15) is 4.79 Å². The van der Waals surface area contributed by atoms with Crippen LogP contribution >= 0.6 is 11.6 Å². The van der Waals surface area contributed by atoms with E-state index >= 15 is 0 Å². The van der Waals surface area contributed by atoms with E-state index in [0.29, 0.717) is 13.0 Å². The predicted octanol–water partition coefficient (Wildman–Crippen LogP) is 3.42. The number of ether oxygens (including phenoxy) is 2. The summed E-state index contributed by atoms with van der Waals surface area (Å²) < 4.78 is 11.3. The minimum Gasteiger partial charge on any atom is -0.487 e. The minimum absolute atomic E-state index is 0.128. The molecule has 1 aromatic rings. The lowest BCUT2D eigenvalue weighted by Crippen LogP contribution is -2.52. The average Bonchev–Trinajstić information content (AvgIpc) is 2.40. The first-order valence-electron chi connectivity index (χ1n) is 6.75. The monoisotopic (exact) mass is 282 g/mol. The van der Waals surface area contributed by atoms with Crippen LogP contribution < -0.4 is 4.74 Å². The molecule has 0 radical (unpaired) electrons. The summed E-state index contributed by atoms with van der Waals surface area (Å²) in [6.07, 6.45) is 1.62. The highest BCUT2D eigenvalue weighted by atomic mass is 35.5. The third kappa shape index (κ3) is 3.28. The van der Waals surface area contributed by atoms with Gasteiger partial charge in [-0.15, -0.1) is 0 Å². The quantitative estimate of drug-likeness (QED) is 0.802. The molecule has 104 valence electrons. The van der Waals surface area contributed by atoms with Crippen molar-refractivity contribution >= 4 is 17.4 Å². The van der Waals surface area contributed by atoms with Crippen LogP contribution in [0.3, 0.4) is 0 Å². The molecule has 1 fully saturated rings. The van der Waals surface area contributed by atoms with E-state index < -0.39 is 6.10 Å². The first kappa shape index (κ1) is 14.4. The number of Topliss-reactive ketones (excluding diaryl/α,β-unsaturated/α-hetero) is 1. The van der Waals surface area contributed by atoms with Crippen LogP contribution in [-0.4, -0.2) is 24.6 Å². The van der Waals surface area contributed by atoms with Gasteiger partial charge in [0, 0.05) is 18.1 Å². The first-order valence-corrected chi connectivity index (χ1v) is 7.12. The summed E-state index contributed by atoms with van der Waals surface area (Å²) in [7, 11) is 0. The van der Waals surface area contributed by atoms with Crippen molar-refractivity contribution < 1.29 is 14.3 Å². The van der Waals surface area contributed by atoms with E-state index in [0.717, 1.165) is 29.2 Å². The number of carbonyl (C=O) groups excluding carboxylic acids is 1. The Morgan fingerprint density at radius 1 is 1.37 bits per heavy atom. The van der Waals surface area contributed by atoms with E-state index in [1.54, 1.807) is 0 Å². The summed E-state index contributed by atoms with van der Waals surface area (Å²) in [5.41, 5.74) is 1.05. The van der Waals surface area contributed by atoms with Gasteiger partial charge in [-0.1, -0.05) is 25.4 Å². The van der Waals surface area contributed by atoms with Crippen LogP contribution in [-0.2, 0) is 16.0 Å². The summed E-state index contributed by atoms with van der Waals surface area (Å²) in [5, 5.41) is 0.748. The predicted molar refractivity (Wildman–Crippen MR) is 74.9 cm³/mol. The Kier molecular flexibility index (Phi) is 4.83. The summed E-state index contributed by atoms with van der Waals surface area (Å²) in [5.74, 6) is 0.881. The molecule has 0 spiro atoms. The number of halogens is 1. The lowest BCUT2D eigenvalue weighted by molar-refractivity contribution is -0.154. The maximum Gasteiger partial charge on any atom is 0.169 e. The number of aryl methyl sites for hydroxylation is 1. The van der Waals surface area contributed by atoms with Crippen molar-refractivity contribution in [1.29, 1.82) is 0 Å². The van der Waals surface area contributed by atoms with Crippen molar-refractivity contribution in [2.75, 3.05) is 6.61 Å². The molecule has 2 atom stereocenters. The smallest absolute Gasteiger partial charge is 0.169 e. The molecular weight excluding hydrogens is 264 g/mol. The molecular formula is C15H19ClO3. The third-order valence-corrected chi connectivity index (χ3v) is 3.61. The van der Waals surface area contributed by atoms with Crippen LogP contribution in [0.2, 0.25) is 5.02 Å². The van der Waals surface area contributed by atoms with Crippen molar-refractivity contribution in [2.24, 2.45) is 0 Å². The molecule has 1 aliphatic carbocycles. The normalized spacial score (nSPS) is 22.2. The van der Waals surface area contributed by atoms with Gasteiger partial charge in [0.15, 0.2) is 11.9 Å². The Bertz CT molecular complexity index is 459. The molecule has 3 nitrogen and oxygen atoms in total. The number of hydrogen-bond donors (Lipinski definition) is 0. The van der Waals surface area contributed by atoms with Gasteiger partial charge in [-0.05, 0) is 36.6 Å². The topological polar surface area (TPSA) is 35.5 Å². The molecule has 1 aliphatic rings. The van der Waals surface area contributed by atoms with Crippen LogP contribution in [0.15, 0.2) is 18.2 Å².